The predicted octanol–water partition coefficient (Wildman–Crippen LogP) is 1.06. The van der Waals surface area contributed by atoms with Crippen LogP contribution in [-0.4, -0.2) is 71.5 Å². The van der Waals surface area contributed by atoms with Gasteiger partial charge in [-0.05, 0) is 48.3 Å². The minimum absolute atomic E-state index is 0.0118. The number of halogens is 3. The fraction of sp³-hybridized carbons (Fsp3) is 0.840. The molecule has 4 aliphatic rings. The van der Waals surface area contributed by atoms with Gasteiger partial charge in [0.25, 0.3) is 0 Å². The molecule has 2 saturated heterocycles. The third kappa shape index (κ3) is 5.44. The summed E-state index contributed by atoms with van der Waals surface area (Å²) in [6, 6.07) is -3.22. The Labute approximate surface area is 214 Å². The molecule has 2 aliphatic carbocycles. The van der Waals surface area contributed by atoms with E-state index in [4.69, 9.17) is 5.73 Å². The summed E-state index contributed by atoms with van der Waals surface area (Å²) in [6.45, 7) is 7.86. The summed E-state index contributed by atoms with van der Waals surface area (Å²) in [5, 5.41) is 7.98. The molecule has 4 rings (SSSR count). The van der Waals surface area contributed by atoms with Crippen LogP contribution in [0.2, 0.25) is 0 Å². The number of likely N-dealkylation sites (tertiary alicyclic amines) is 1. The van der Waals surface area contributed by atoms with E-state index in [2.05, 4.69) is 16.0 Å². The number of fused-ring (bicyclic) bond motifs is 1. The zero-order valence-corrected chi connectivity index (χ0v) is 22.0. The molecule has 0 aromatic carbocycles. The first-order valence-electron chi connectivity index (χ1n) is 12.9. The van der Waals surface area contributed by atoms with Gasteiger partial charge < -0.3 is 21.3 Å². The van der Waals surface area contributed by atoms with Crippen LogP contribution in [0.25, 0.3) is 0 Å². The molecule has 2 saturated carbocycles. The van der Waals surface area contributed by atoms with Crippen LogP contribution in [-0.2, 0) is 19.2 Å². The van der Waals surface area contributed by atoms with Crippen LogP contribution in [0.3, 0.4) is 0 Å². The first-order valence-corrected chi connectivity index (χ1v) is 12.9. The van der Waals surface area contributed by atoms with Crippen molar-refractivity contribution in [3.8, 4) is 0 Å². The fourth-order valence-corrected chi connectivity index (χ4v) is 6.40. The van der Waals surface area contributed by atoms with Crippen LogP contribution in [0.15, 0.2) is 0 Å². The zero-order valence-electron chi connectivity index (χ0n) is 22.0. The summed E-state index contributed by atoms with van der Waals surface area (Å²) < 4.78 is 38.9. The van der Waals surface area contributed by atoms with Crippen molar-refractivity contribution in [1.82, 2.24) is 20.9 Å². The molecule has 9 nitrogen and oxygen atoms in total. The van der Waals surface area contributed by atoms with Gasteiger partial charge in [0.2, 0.25) is 23.6 Å². The predicted molar refractivity (Wildman–Crippen MR) is 128 cm³/mol. The maximum Gasteiger partial charge on any atom is 0.401 e. The molecule has 2 aliphatic heterocycles. The van der Waals surface area contributed by atoms with Gasteiger partial charge in [0.05, 0.1) is 12.6 Å². The molecular formula is C25H38F3N5O4. The number of amides is 4. The normalized spacial score (nSPS) is 30.9. The lowest BCUT2D eigenvalue weighted by atomic mass is 9.85. The van der Waals surface area contributed by atoms with E-state index >= 15 is 0 Å². The number of nitrogens with two attached hydrogens (primary N) is 1. The van der Waals surface area contributed by atoms with Gasteiger partial charge in [0, 0.05) is 18.0 Å². The van der Waals surface area contributed by atoms with Crippen molar-refractivity contribution in [3.05, 3.63) is 0 Å². The van der Waals surface area contributed by atoms with Crippen molar-refractivity contribution in [2.45, 2.75) is 90.1 Å². The molecule has 0 bridgehead atoms. The molecule has 2 heterocycles. The summed E-state index contributed by atoms with van der Waals surface area (Å²) in [6.07, 6.45) is -2.09. The van der Waals surface area contributed by atoms with E-state index in [1.54, 1.807) is 20.8 Å². The van der Waals surface area contributed by atoms with Crippen LogP contribution in [0.5, 0.6) is 0 Å². The highest BCUT2D eigenvalue weighted by atomic mass is 19.4. The number of rotatable bonds is 8. The summed E-state index contributed by atoms with van der Waals surface area (Å²) in [4.78, 5) is 53.2. The lowest BCUT2D eigenvalue weighted by molar-refractivity contribution is -0.148. The summed E-state index contributed by atoms with van der Waals surface area (Å²) in [5.74, 6) is -2.73. The zero-order chi connectivity index (χ0) is 27.7. The second-order valence-electron chi connectivity index (χ2n) is 13.1. The number of hydrogen-bond acceptors (Lipinski definition) is 5. The fourth-order valence-electron chi connectivity index (χ4n) is 6.40. The smallest absolute Gasteiger partial charge is 0.368 e. The Kier molecular flexibility index (Phi) is 6.61. The van der Waals surface area contributed by atoms with Crippen molar-refractivity contribution in [2.75, 3.05) is 13.1 Å². The van der Waals surface area contributed by atoms with Crippen LogP contribution < -0.4 is 21.7 Å². The number of alkyl halides is 3. The molecule has 5 N–H and O–H groups in total. The standard InChI is InChI=1S/C25H38F3N5O4/c1-22(2,3)17(30-11-25(26,27)28)21(37)33-10-13-15(23(13,4)5)16(33)20(36)31-14(18(29)34)8-12-9-24(6-7-24)32-19(12)35/h12-17,30H,6-11H2,1-5H3,(H2,29,34)(H,31,36)(H,32,35)/t12-,13?,14+,15?,16?,17-/m1/s1. The molecule has 0 aromatic rings. The third-order valence-electron chi connectivity index (χ3n) is 8.81. The van der Waals surface area contributed by atoms with Crippen molar-refractivity contribution in [1.29, 1.82) is 0 Å². The highest BCUT2D eigenvalue weighted by Crippen LogP contribution is 2.65. The molecule has 4 fully saturated rings. The molecule has 208 valence electrons. The highest BCUT2D eigenvalue weighted by molar-refractivity contribution is 5.94. The monoisotopic (exact) mass is 529 g/mol. The summed E-state index contributed by atoms with van der Waals surface area (Å²) >= 11 is 0. The molecule has 12 heteroatoms. The van der Waals surface area contributed by atoms with Gasteiger partial charge in [0.1, 0.15) is 12.1 Å². The molecule has 0 radical (unpaired) electrons. The van der Waals surface area contributed by atoms with Crippen LogP contribution >= 0.6 is 0 Å². The number of hydrogen-bond donors (Lipinski definition) is 4. The number of nitrogens with zero attached hydrogens (tertiary/aromatic N) is 1. The van der Waals surface area contributed by atoms with Gasteiger partial charge in [0.15, 0.2) is 0 Å². The Hall–Kier alpha value is -2.37. The second-order valence-corrected chi connectivity index (χ2v) is 13.1. The quantitative estimate of drug-likeness (QED) is 0.373. The van der Waals surface area contributed by atoms with E-state index in [0.29, 0.717) is 6.42 Å². The average Bonchev–Trinajstić information content (AvgIpc) is 3.45. The van der Waals surface area contributed by atoms with Gasteiger partial charge in [-0.15, -0.1) is 0 Å². The van der Waals surface area contributed by atoms with Crippen LogP contribution in [0.4, 0.5) is 13.2 Å². The van der Waals surface area contributed by atoms with Crippen molar-refractivity contribution < 1.29 is 32.3 Å². The maximum atomic E-state index is 13.6. The second kappa shape index (κ2) is 8.84. The Morgan fingerprint density at radius 2 is 1.81 bits per heavy atom. The number of carbonyl (C=O) groups excluding carboxylic acids is 4. The minimum atomic E-state index is -4.50. The lowest BCUT2D eigenvalue weighted by Crippen LogP contribution is -2.60. The van der Waals surface area contributed by atoms with E-state index in [9.17, 15) is 32.3 Å². The summed E-state index contributed by atoms with van der Waals surface area (Å²) in [5.41, 5.74) is 4.31. The van der Waals surface area contributed by atoms with Gasteiger partial charge in [-0.1, -0.05) is 34.6 Å². The van der Waals surface area contributed by atoms with E-state index in [0.717, 1.165) is 12.8 Å². The number of carbonyl (C=O) groups is 4. The summed E-state index contributed by atoms with van der Waals surface area (Å²) in [7, 11) is 0. The van der Waals surface area contributed by atoms with E-state index < -0.39 is 59.9 Å². The third-order valence-corrected chi connectivity index (χ3v) is 8.81. The molecule has 3 unspecified atom stereocenters. The van der Waals surface area contributed by atoms with Crippen LogP contribution in [0.1, 0.15) is 60.3 Å². The Morgan fingerprint density at radius 1 is 1.19 bits per heavy atom. The van der Waals surface area contributed by atoms with E-state index in [1.165, 1.54) is 4.90 Å². The number of piperidine rings is 1. The topological polar surface area (TPSA) is 134 Å². The Balaban J connectivity index is 1.51. The average molecular weight is 530 g/mol. The van der Waals surface area contributed by atoms with E-state index in [-0.39, 0.29) is 41.7 Å². The number of primary amides is 1. The largest absolute Gasteiger partial charge is 0.401 e. The van der Waals surface area contributed by atoms with E-state index in [1.807, 2.05) is 13.8 Å². The Morgan fingerprint density at radius 3 is 2.30 bits per heavy atom. The van der Waals surface area contributed by atoms with Gasteiger partial charge in [-0.25, -0.2) is 0 Å². The molecule has 6 atom stereocenters. The van der Waals surface area contributed by atoms with Crippen molar-refractivity contribution >= 4 is 23.6 Å². The van der Waals surface area contributed by atoms with Gasteiger partial charge in [-0.2, -0.15) is 13.2 Å². The molecule has 0 aromatic heterocycles. The van der Waals surface area contributed by atoms with Gasteiger partial charge >= 0.3 is 6.18 Å². The first kappa shape index (κ1) is 27.7. The lowest BCUT2D eigenvalue weighted by Gasteiger charge is -2.38. The highest BCUT2D eigenvalue weighted by Gasteiger charge is 2.70. The maximum absolute atomic E-state index is 13.6. The SMILES string of the molecule is CC1(C)C2CN(C(=O)[C@@H](NCC(F)(F)F)C(C)(C)C)C(C(=O)N[C@@H](C[C@@H]3CC4(CC4)NC3=O)C(N)=O)C21. The van der Waals surface area contributed by atoms with Gasteiger partial charge in [-0.3, -0.25) is 24.5 Å². The van der Waals surface area contributed by atoms with Crippen LogP contribution in [0, 0.1) is 28.6 Å². The van der Waals surface area contributed by atoms with Crippen molar-refractivity contribution in [2.24, 2.45) is 34.3 Å². The molecule has 4 amide bonds. The minimum Gasteiger partial charge on any atom is -0.368 e. The Bertz CT molecular complexity index is 988. The molecular weight excluding hydrogens is 491 g/mol. The molecule has 1 spiro atoms. The molecule has 37 heavy (non-hydrogen) atoms. The first-order chi connectivity index (χ1) is 16.9. The van der Waals surface area contributed by atoms with Crippen molar-refractivity contribution in [3.63, 3.8) is 0 Å². The number of nitrogens with one attached hydrogen (secondary N) is 3.